The van der Waals surface area contributed by atoms with Crippen LogP contribution in [0.4, 0.5) is 0 Å². The van der Waals surface area contributed by atoms with Crippen LogP contribution in [0.15, 0.2) is 59.7 Å². The van der Waals surface area contributed by atoms with E-state index in [0.29, 0.717) is 11.1 Å². The van der Waals surface area contributed by atoms with Crippen LogP contribution in [-0.2, 0) is 65.6 Å². The normalized spacial score (nSPS) is 14.9. The number of phenols is 1. The molecule has 30 nitrogen and oxygen atoms in total. The Labute approximate surface area is 452 Å². The average Bonchev–Trinajstić information content (AvgIpc) is 3.78. The topological polar surface area (TPSA) is 523 Å². The highest BCUT2D eigenvalue weighted by molar-refractivity contribution is 6.00. The molecule has 10 atom stereocenters. The number of fused-ring (bicyclic) bond motifs is 1. The molecule has 1 aromatic heterocycles. The Bertz CT molecular complexity index is 2690. The summed E-state index contributed by atoms with van der Waals surface area (Å²) in [6.07, 6.45) is -2.12. The van der Waals surface area contributed by atoms with Crippen LogP contribution < -0.4 is 71.2 Å². The summed E-state index contributed by atoms with van der Waals surface area (Å²) in [6, 6.07) is -2.19. The molecule has 0 saturated carbocycles. The third-order valence-corrected chi connectivity index (χ3v) is 12.0. The number of rotatable bonds is 32. The number of primary amides is 2. The number of H-pyrrole nitrogens is 1. The molecule has 0 unspecified atom stereocenters. The summed E-state index contributed by atoms with van der Waals surface area (Å²) in [5.74, 6) is -13.4. The van der Waals surface area contributed by atoms with Gasteiger partial charge in [0, 0.05) is 36.5 Å². The van der Waals surface area contributed by atoms with Crippen LogP contribution in [0, 0.1) is 5.92 Å². The van der Waals surface area contributed by atoms with E-state index in [0.717, 1.165) is 10.9 Å². The summed E-state index contributed by atoms with van der Waals surface area (Å²) in [5.41, 5.74) is 29.2. The molecule has 23 N–H and O–H groups in total. The summed E-state index contributed by atoms with van der Waals surface area (Å²) >= 11 is 0. The molecule has 3 aromatic rings. The van der Waals surface area contributed by atoms with E-state index in [1.807, 2.05) is 0 Å². The van der Waals surface area contributed by atoms with Gasteiger partial charge in [0.2, 0.25) is 59.1 Å². The van der Waals surface area contributed by atoms with Crippen LogP contribution in [0.25, 0.3) is 10.9 Å². The largest absolute Gasteiger partial charge is 0.508 e. The Kier molecular flexibility index (Phi) is 25.1. The van der Waals surface area contributed by atoms with Crippen molar-refractivity contribution in [2.75, 3.05) is 13.2 Å². The zero-order valence-electron chi connectivity index (χ0n) is 43.8. The maximum Gasteiger partial charge on any atom is 0.326 e. The number of aliphatic imine (C=N–C) groups is 1. The monoisotopic (exact) mass is 1110 g/mol. The molecule has 0 aliphatic heterocycles. The number of aromatic hydroxyl groups is 1. The number of hydrogen-bond acceptors (Lipinski definition) is 16. The lowest BCUT2D eigenvalue weighted by atomic mass is 10.0. The van der Waals surface area contributed by atoms with Crippen molar-refractivity contribution in [2.45, 2.75) is 127 Å². The van der Waals surface area contributed by atoms with E-state index in [1.54, 1.807) is 30.5 Å². The Hall–Kier alpha value is -8.90. The van der Waals surface area contributed by atoms with Crippen molar-refractivity contribution in [3.63, 3.8) is 0 Å². The number of aromatic nitrogens is 1. The van der Waals surface area contributed by atoms with Gasteiger partial charge in [-0.25, -0.2) is 4.79 Å². The SMILES string of the molecule is CC(C)[C@H](NC(=O)[C@H](CC(N)=O)NC(=O)[C@H](Cc1ccc(O)cc1)NC(=O)[C@H](CO)NC(=O)[C@H](CC(N)=O)NC(=O)[C@H](CCCN=C(N)N)NC(=O)[C@H](C)NC(=O)[C@H](Cc1c[nH]c2ccccc12)NC(=O)[C@@H](N)[C@@H](C)O)C(=O)O. The van der Waals surface area contributed by atoms with Gasteiger partial charge in [-0.1, -0.05) is 44.2 Å². The van der Waals surface area contributed by atoms with Crippen LogP contribution in [-0.4, -0.2) is 170 Å². The molecule has 10 amide bonds. The number of hydrogen-bond donors (Lipinski definition) is 18. The van der Waals surface area contributed by atoms with E-state index >= 15 is 0 Å². The number of amides is 10. The molecule has 0 fully saturated rings. The minimum atomic E-state index is -1.95. The van der Waals surface area contributed by atoms with Crippen molar-refractivity contribution in [1.82, 2.24) is 47.5 Å². The summed E-state index contributed by atoms with van der Waals surface area (Å²) in [6.45, 7) is 4.28. The fraction of sp³-hybridized carbons (Fsp3) is 0.469. The maximum absolute atomic E-state index is 14.0. The molecule has 0 aliphatic carbocycles. The van der Waals surface area contributed by atoms with Gasteiger partial charge >= 0.3 is 5.97 Å². The second-order valence-corrected chi connectivity index (χ2v) is 18.8. The molecule has 0 spiro atoms. The fourth-order valence-electron chi connectivity index (χ4n) is 7.61. The van der Waals surface area contributed by atoms with Crippen LogP contribution in [0.3, 0.4) is 0 Å². The lowest BCUT2D eigenvalue weighted by molar-refractivity contribution is -0.143. The Morgan fingerprint density at radius 2 is 1.08 bits per heavy atom. The van der Waals surface area contributed by atoms with Gasteiger partial charge in [-0.15, -0.1) is 0 Å². The molecule has 0 aliphatic rings. The minimum absolute atomic E-state index is 0.0202. The minimum Gasteiger partial charge on any atom is -0.508 e. The number of aliphatic carboxylic acids is 1. The number of nitrogens with one attached hydrogen (secondary N) is 9. The number of carboxylic acid groups (broad SMARTS) is 1. The van der Waals surface area contributed by atoms with Crippen LogP contribution in [0.1, 0.15) is 64.5 Å². The van der Waals surface area contributed by atoms with Crippen LogP contribution >= 0.6 is 0 Å². The zero-order chi connectivity index (χ0) is 59.3. The first-order chi connectivity index (χ1) is 37.1. The van der Waals surface area contributed by atoms with E-state index in [9.17, 15) is 73.2 Å². The molecule has 0 saturated heterocycles. The highest BCUT2D eigenvalue weighted by Gasteiger charge is 2.36. The number of phenolic OH excluding ortho intramolecular Hbond substituents is 1. The van der Waals surface area contributed by atoms with Crippen molar-refractivity contribution in [2.24, 2.45) is 39.6 Å². The highest BCUT2D eigenvalue weighted by atomic mass is 16.4. The number of para-hydroxylation sites is 1. The van der Waals surface area contributed by atoms with E-state index in [4.69, 9.17) is 28.7 Å². The molecule has 2 aromatic carbocycles. The van der Waals surface area contributed by atoms with Gasteiger partial charge in [-0.2, -0.15) is 0 Å². The second kappa shape index (κ2) is 30.7. The third-order valence-electron chi connectivity index (χ3n) is 12.0. The zero-order valence-corrected chi connectivity index (χ0v) is 43.8. The molecule has 30 heteroatoms. The lowest BCUT2D eigenvalue weighted by Gasteiger charge is -2.27. The molecule has 0 radical (unpaired) electrons. The standard InChI is InChI=1S/C49H71N15O15/c1-22(2)39(48(78)79)64-45(75)34(19-37(51)69)61-43(73)31(16-25-11-13-27(67)14-12-25)59-46(76)35(21-65)63-44(74)33(18-36(50)68)60-41(71)30(10-7-15-55-49(53)54)58-40(70)23(3)57-42(72)32(62-47(77)38(52)24(4)66)17-26-20-56-29-9-6-5-8-28(26)29/h5-6,8-9,11-14,20,22-24,30-35,38-39,56,65-67H,7,10,15-19,21,52H2,1-4H3,(H2,50,68)(H2,51,69)(H,57,72)(H,58,70)(H,59,76)(H,60,71)(H,61,73)(H,62,77)(H,63,74)(H,64,75)(H,78,79)(H4,53,54,55)/t23-,24+,30-,31-,32-,33-,34-,35-,38-,39-/m0/s1. The van der Waals surface area contributed by atoms with E-state index in [2.05, 4.69) is 52.5 Å². The van der Waals surface area contributed by atoms with E-state index < -0.39 is 157 Å². The Morgan fingerprint density at radius 3 is 1.62 bits per heavy atom. The van der Waals surface area contributed by atoms with E-state index in [1.165, 1.54) is 52.0 Å². The number of carbonyl (C=O) groups excluding carboxylic acids is 10. The fourth-order valence-corrected chi connectivity index (χ4v) is 7.61. The summed E-state index contributed by atoms with van der Waals surface area (Å²) in [7, 11) is 0. The first kappa shape index (κ1) is 64.4. The van der Waals surface area contributed by atoms with Crippen LogP contribution in [0.2, 0.25) is 0 Å². The number of aliphatic hydroxyl groups excluding tert-OH is 2. The molecule has 3 rings (SSSR count). The third kappa shape index (κ3) is 20.9. The summed E-state index contributed by atoms with van der Waals surface area (Å²) in [5, 5.41) is 59.2. The average molecular weight is 1110 g/mol. The molecule has 0 bridgehead atoms. The smallest absolute Gasteiger partial charge is 0.326 e. The predicted octanol–water partition coefficient (Wildman–Crippen LogP) is -6.20. The molecule has 1 heterocycles. The number of aliphatic hydroxyl groups is 2. The Morgan fingerprint density at radius 1 is 0.595 bits per heavy atom. The second-order valence-electron chi connectivity index (χ2n) is 18.8. The maximum atomic E-state index is 14.0. The first-order valence-corrected chi connectivity index (χ1v) is 24.8. The van der Waals surface area contributed by atoms with Gasteiger partial charge in [-0.3, -0.25) is 52.9 Å². The van der Waals surface area contributed by atoms with Crippen molar-refractivity contribution in [3.8, 4) is 5.75 Å². The highest BCUT2D eigenvalue weighted by Crippen LogP contribution is 2.20. The Balaban J connectivity index is 1.87. The number of nitrogens with two attached hydrogens (primary N) is 5. The van der Waals surface area contributed by atoms with E-state index in [-0.39, 0.29) is 37.5 Å². The number of nitrogens with zero attached hydrogens (tertiary/aromatic N) is 1. The molecular weight excluding hydrogens is 1040 g/mol. The van der Waals surface area contributed by atoms with Gasteiger partial charge in [-0.05, 0) is 61.9 Å². The number of benzene rings is 2. The van der Waals surface area contributed by atoms with Gasteiger partial charge in [0.15, 0.2) is 5.96 Å². The molecule has 79 heavy (non-hydrogen) atoms. The summed E-state index contributed by atoms with van der Waals surface area (Å²) < 4.78 is 0. The molecular formula is C49H71N15O15. The quantitative estimate of drug-likeness (QED) is 0.0157. The van der Waals surface area contributed by atoms with Gasteiger partial charge < -0.3 is 96.6 Å². The number of carbonyl (C=O) groups is 11. The van der Waals surface area contributed by atoms with Gasteiger partial charge in [0.25, 0.3) is 0 Å². The van der Waals surface area contributed by atoms with Crippen molar-refractivity contribution < 1.29 is 73.2 Å². The van der Waals surface area contributed by atoms with Gasteiger partial charge in [0.1, 0.15) is 60.1 Å². The van der Waals surface area contributed by atoms with Crippen molar-refractivity contribution in [3.05, 3.63) is 65.9 Å². The number of carboxylic acids is 1. The first-order valence-electron chi connectivity index (χ1n) is 24.8. The number of aromatic amines is 1. The lowest BCUT2D eigenvalue weighted by Crippen LogP contribution is -2.61. The van der Waals surface area contributed by atoms with Crippen molar-refractivity contribution >= 4 is 81.9 Å². The predicted molar refractivity (Wildman–Crippen MR) is 282 cm³/mol. The number of guanidine groups is 1. The van der Waals surface area contributed by atoms with Gasteiger partial charge in [0.05, 0.1) is 25.6 Å². The van der Waals surface area contributed by atoms with Crippen LogP contribution in [0.5, 0.6) is 5.75 Å². The summed E-state index contributed by atoms with van der Waals surface area (Å²) in [4.78, 5) is 153. The van der Waals surface area contributed by atoms with Crippen molar-refractivity contribution in [1.29, 1.82) is 0 Å². The molecule has 432 valence electrons.